The van der Waals surface area contributed by atoms with Crippen LogP contribution in [0.4, 0.5) is 5.82 Å². The molecule has 2 aromatic heterocycles. The molecule has 1 aliphatic heterocycles. The van der Waals surface area contributed by atoms with Crippen molar-refractivity contribution in [3.05, 3.63) is 18.1 Å². The van der Waals surface area contributed by atoms with Crippen LogP contribution in [0.2, 0.25) is 0 Å². The number of hydrogen-bond acceptors (Lipinski definition) is 7. The Bertz CT molecular complexity index is 805. The third-order valence-electron chi connectivity index (χ3n) is 5.41. The quantitative estimate of drug-likeness (QED) is 0.391. The highest BCUT2D eigenvalue weighted by molar-refractivity contribution is 5.99. The lowest BCUT2D eigenvalue weighted by molar-refractivity contribution is -0.120. The van der Waals surface area contributed by atoms with Crippen molar-refractivity contribution in [2.45, 2.75) is 63.8 Å². The van der Waals surface area contributed by atoms with Gasteiger partial charge >= 0.3 is 0 Å². The summed E-state index contributed by atoms with van der Waals surface area (Å²) in [4.78, 5) is 24.3. The molecule has 3 rings (SSSR count). The van der Waals surface area contributed by atoms with E-state index in [2.05, 4.69) is 39.4 Å². The van der Waals surface area contributed by atoms with Gasteiger partial charge in [-0.1, -0.05) is 26.7 Å². The summed E-state index contributed by atoms with van der Waals surface area (Å²) in [5.41, 5.74) is 1.76. The minimum Gasteiger partial charge on any atom is -0.395 e. The number of rotatable bonds is 8. The average molecular weight is 391 g/mol. The molecule has 0 aromatic carbocycles. The zero-order valence-electron chi connectivity index (χ0n) is 16.2. The van der Waals surface area contributed by atoms with Gasteiger partial charge in [-0.2, -0.15) is 0 Å². The topological polar surface area (TPSA) is 143 Å². The molecule has 1 fully saturated rings. The van der Waals surface area contributed by atoms with Gasteiger partial charge in [0.1, 0.15) is 17.9 Å². The van der Waals surface area contributed by atoms with E-state index in [0.29, 0.717) is 22.4 Å². The summed E-state index contributed by atoms with van der Waals surface area (Å²) in [6.07, 6.45) is 4.40. The number of aromatic amines is 1. The highest BCUT2D eigenvalue weighted by Crippen LogP contribution is 2.33. The number of amides is 1. The largest absolute Gasteiger partial charge is 0.395 e. The summed E-state index contributed by atoms with van der Waals surface area (Å²) in [7, 11) is 0. The zero-order chi connectivity index (χ0) is 20.3. The van der Waals surface area contributed by atoms with Gasteiger partial charge in [-0.3, -0.25) is 4.79 Å². The molecule has 9 heteroatoms. The molecule has 0 radical (unpaired) electrons. The third kappa shape index (κ3) is 3.88. The van der Waals surface area contributed by atoms with Crippen LogP contribution in [0.25, 0.3) is 11.0 Å². The third-order valence-corrected chi connectivity index (χ3v) is 5.41. The summed E-state index contributed by atoms with van der Waals surface area (Å²) >= 11 is 0. The van der Waals surface area contributed by atoms with Crippen LogP contribution in [-0.4, -0.2) is 61.0 Å². The Balaban J connectivity index is 1.86. The van der Waals surface area contributed by atoms with Gasteiger partial charge in [0.25, 0.3) is 0 Å². The Morgan fingerprint density at radius 1 is 1.21 bits per heavy atom. The van der Waals surface area contributed by atoms with E-state index in [1.54, 1.807) is 6.20 Å². The summed E-state index contributed by atoms with van der Waals surface area (Å²) in [5.74, 6) is 0.271. The molecule has 2 aromatic rings. The maximum Gasteiger partial charge on any atom is 0.228 e. The van der Waals surface area contributed by atoms with Gasteiger partial charge in [-0.15, -0.1) is 0 Å². The molecule has 6 N–H and O–H groups in total. The first kappa shape index (κ1) is 20.7. The molecule has 0 unspecified atom stereocenters. The van der Waals surface area contributed by atoms with Gasteiger partial charge in [0, 0.05) is 17.7 Å². The fourth-order valence-electron chi connectivity index (χ4n) is 3.91. The molecular formula is C19H29N5O4. The smallest absolute Gasteiger partial charge is 0.228 e. The number of nitrogens with one attached hydrogen (secondary N) is 3. The Morgan fingerprint density at radius 3 is 2.54 bits per heavy atom. The summed E-state index contributed by atoms with van der Waals surface area (Å²) in [6.45, 7) is 3.83. The van der Waals surface area contributed by atoms with E-state index < -0.39 is 24.3 Å². The molecule has 3 heterocycles. The number of H-pyrrole nitrogens is 1. The second-order valence-corrected chi connectivity index (χ2v) is 7.37. The Morgan fingerprint density at radius 2 is 1.93 bits per heavy atom. The van der Waals surface area contributed by atoms with E-state index >= 15 is 0 Å². The molecule has 0 aliphatic carbocycles. The van der Waals surface area contributed by atoms with Crippen molar-refractivity contribution in [2.24, 2.45) is 5.92 Å². The van der Waals surface area contributed by atoms with Gasteiger partial charge in [-0.25, -0.2) is 9.97 Å². The Labute approximate surface area is 163 Å². The molecule has 9 nitrogen and oxygen atoms in total. The highest BCUT2D eigenvalue weighted by atomic mass is 16.3. The zero-order valence-corrected chi connectivity index (χ0v) is 16.2. The van der Waals surface area contributed by atoms with E-state index in [4.69, 9.17) is 0 Å². The fraction of sp³-hybridized carbons (Fsp3) is 0.632. The van der Waals surface area contributed by atoms with Crippen LogP contribution in [0.15, 0.2) is 12.5 Å². The lowest BCUT2D eigenvalue weighted by atomic mass is 9.97. The number of aliphatic hydroxyl groups excluding tert-OH is 3. The van der Waals surface area contributed by atoms with Gasteiger partial charge < -0.3 is 30.9 Å². The first-order valence-electron chi connectivity index (χ1n) is 9.87. The van der Waals surface area contributed by atoms with E-state index in [0.717, 1.165) is 25.7 Å². The van der Waals surface area contributed by atoms with E-state index in [9.17, 15) is 20.1 Å². The van der Waals surface area contributed by atoms with Gasteiger partial charge in [0.05, 0.1) is 30.3 Å². The van der Waals surface area contributed by atoms with Crippen LogP contribution >= 0.6 is 0 Å². The van der Waals surface area contributed by atoms with Crippen molar-refractivity contribution in [3.8, 4) is 0 Å². The molecule has 4 atom stereocenters. The van der Waals surface area contributed by atoms with Crippen molar-refractivity contribution in [1.82, 2.24) is 20.3 Å². The summed E-state index contributed by atoms with van der Waals surface area (Å²) in [5, 5.41) is 35.7. The SMILES string of the molecule is CCCC(CCC)C(=O)Nc1ncnc2c([C@@H]3N[C@H](CO)[C@@H](O)[C@H]3O)c[nH]c12. The van der Waals surface area contributed by atoms with Crippen molar-refractivity contribution >= 4 is 22.8 Å². The van der Waals surface area contributed by atoms with Crippen molar-refractivity contribution in [2.75, 3.05) is 11.9 Å². The second-order valence-electron chi connectivity index (χ2n) is 7.37. The van der Waals surface area contributed by atoms with Crippen LogP contribution < -0.4 is 10.6 Å². The number of hydrogen-bond donors (Lipinski definition) is 6. The summed E-state index contributed by atoms with van der Waals surface area (Å²) < 4.78 is 0. The maximum atomic E-state index is 12.7. The molecule has 1 saturated heterocycles. The van der Waals surface area contributed by atoms with Crippen molar-refractivity contribution in [1.29, 1.82) is 0 Å². The van der Waals surface area contributed by atoms with Crippen LogP contribution in [-0.2, 0) is 4.79 Å². The minimum absolute atomic E-state index is 0.0605. The molecule has 0 spiro atoms. The summed E-state index contributed by atoms with van der Waals surface area (Å²) in [6, 6.07) is -1.21. The molecule has 1 amide bonds. The number of carbonyl (C=O) groups excluding carboxylic acids is 1. The van der Waals surface area contributed by atoms with Crippen LogP contribution in [0, 0.1) is 5.92 Å². The number of carbonyl (C=O) groups is 1. The first-order valence-corrected chi connectivity index (χ1v) is 9.87. The predicted molar refractivity (Wildman–Crippen MR) is 105 cm³/mol. The van der Waals surface area contributed by atoms with Crippen LogP contribution in [0.5, 0.6) is 0 Å². The monoisotopic (exact) mass is 391 g/mol. The molecule has 0 bridgehead atoms. The number of aliphatic hydroxyl groups is 3. The number of nitrogens with zero attached hydrogens (tertiary/aromatic N) is 2. The van der Waals surface area contributed by atoms with Gasteiger partial charge in [0.15, 0.2) is 5.82 Å². The fourth-order valence-corrected chi connectivity index (χ4v) is 3.91. The van der Waals surface area contributed by atoms with Crippen molar-refractivity contribution < 1.29 is 20.1 Å². The first-order chi connectivity index (χ1) is 13.5. The molecule has 1 aliphatic rings. The van der Waals surface area contributed by atoms with Crippen LogP contribution in [0.1, 0.15) is 51.1 Å². The standard InChI is InChI=1S/C19H29N5O4/c1-3-5-10(6-4-2)19(28)24-18-15-13(21-9-22-18)11(7-20-15)14-17(27)16(26)12(8-25)23-14/h7,9-10,12,14,16-17,20,23,25-27H,3-6,8H2,1-2H3,(H,21,22,24,28)/t12-,14+,16-,17+/m1/s1. The van der Waals surface area contributed by atoms with Gasteiger partial charge in [0.2, 0.25) is 5.91 Å². The van der Waals surface area contributed by atoms with E-state index in [1.165, 1.54) is 6.33 Å². The average Bonchev–Trinajstić information content (AvgIpc) is 3.24. The van der Waals surface area contributed by atoms with E-state index in [1.807, 2.05) is 0 Å². The Hall–Kier alpha value is -2.07. The van der Waals surface area contributed by atoms with Crippen LogP contribution in [0.3, 0.4) is 0 Å². The number of fused-ring (bicyclic) bond motifs is 1. The molecule has 154 valence electrons. The molecule has 28 heavy (non-hydrogen) atoms. The molecule has 0 saturated carbocycles. The predicted octanol–water partition coefficient (Wildman–Crippen LogP) is 0.840. The lowest BCUT2D eigenvalue weighted by Crippen LogP contribution is -2.35. The van der Waals surface area contributed by atoms with E-state index in [-0.39, 0.29) is 18.4 Å². The Kier molecular flexibility index (Phi) is 6.61. The number of aromatic nitrogens is 3. The van der Waals surface area contributed by atoms with Crippen molar-refractivity contribution in [3.63, 3.8) is 0 Å². The number of anilines is 1. The second kappa shape index (κ2) is 8.95. The highest BCUT2D eigenvalue weighted by Gasteiger charge is 2.42. The van der Waals surface area contributed by atoms with Gasteiger partial charge in [-0.05, 0) is 12.8 Å². The maximum absolute atomic E-state index is 12.7. The molecular weight excluding hydrogens is 362 g/mol. The normalized spacial score (nSPS) is 24.9. The minimum atomic E-state index is -1.08. The lowest BCUT2D eigenvalue weighted by Gasteiger charge is -2.16.